The third-order valence-corrected chi connectivity index (χ3v) is 7.02. The monoisotopic (exact) mass is 395 g/mol. The van der Waals surface area contributed by atoms with Crippen LogP contribution in [0.25, 0.3) is 11.8 Å². The Labute approximate surface area is 174 Å². The molecule has 4 aliphatic carbocycles. The van der Waals surface area contributed by atoms with Gasteiger partial charge in [-0.1, -0.05) is 25.5 Å². The Bertz CT molecular complexity index is 793. The minimum Gasteiger partial charge on any atom is -0.507 e. The molecule has 0 saturated heterocycles. The van der Waals surface area contributed by atoms with Gasteiger partial charge in [-0.3, -0.25) is 4.79 Å². The van der Waals surface area contributed by atoms with Gasteiger partial charge in [0.2, 0.25) is 5.91 Å². The number of allylic oxidation sites excluding steroid dienone is 1. The first-order chi connectivity index (χ1) is 14.1. The quantitative estimate of drug-likeness (QED) is 0.382. The molecule has 0 heterocycles. The molecule has 0 unspecified atom stereocenters. The fraction of sp³-hybridized carbons (Fsp3) is 0.560. The van der Waals surface area contributed by atoms with Gasteiger partial charge in [0, 0.05) is 23.7 Å². The van der Waals surface area contributed by atoms with Crippen molar-refractivity contribution in [1.29, 1.82) is 0 Å². The third kappa shape index (κ3) is 4.22. The summed E-state index contributed by atoms with van der Waals surface area (Å²) in [6.45, 7) is 2.77. The van der Waals surface area contributed by atoms with Crippen molar-refractivity contribution in [1.82, 2.24) is 5.32 Å². The maximum atomic E-state index is 11.9. The molecule has 1 aromatic carbocycles. The van der Waals surface area contributed by atoms with Crippen LogP contribution >= 0.6 is 0 Å². The third-order valence-electron chi connectivity index (χ3n) is 7.02. The number of benzene rings is 1. The van der Waals surface area contributed by atoms with E-state index in [4.69, 9.17) is 4.74 Å². The molecule has 5 rings (SSSR count). The van der Waals surface area contributed by atoms with Crippen LogP contribution in [0.3, 0.4) is 0 Å². The average Bonchev–Trinajstić information content (AvgIpc) is 2.69. The van der Waals surface area contributed by atoms with E-state index in [1.165, 1.54) is 43.8 Å². The number of hydrogen-bond donors (Lipinski definition) is 2. The number of rotatable bonds is 7. The highest BCUT2D eigenvalue weighted by Crippen LogP contribution is 2.58. The molecule has 0 atom stereocenters. The second kappa shape index (κ2) is 8.64. The van der Waals surface area contributed by atoms with Gasteiger partial charge in [-0.05, 0) is 79.9 Å². The number of methoxy groups -OCH3 is 1. The highest BCUT2D eigenvalue weighted by atomic mass is 16.5. The number of nitrogens with one attached hydrogen (secondary N) is 1. The van der Waals surface area contributed by atoms with Crippen LogP contribution in [-0.2, 0) is 9.53 Å². The standard InChI is InChI=1S/C25H33NO3/c1-3-4-9-26-23(28)8-7-18-5-6-19(15-22(18)27)25(29-2)24-20-11-16-10-17(13-20)14-21(24)12-16/h5-8,15-17,20-21,27H,3-4,9-14H2,1-2H3,(H,26,28)/b8-7+,25-24?. The van der Waals surface area contributed by atoms with Crippen LogP contribution in [-0.4, -0.2) is 24.7 Å². The number of unbranched alkanes of at least 4 members (excludes halogenated alkanes) is 1. The molecular weight excluding hydrogens is 362 g/mol. The minimum atomic E-state index is -0.129. The number of amides is 1. The predicted molar refractivity (Wildman–Crippen MR) is 116 cm³/mol. The Morgan fingerprint density at radius 1 is 1.17 bits per heavy atom. The largest absolute Gasteiger partial charge is 0.507 e. The summed E-state index contributed by atoms with van der Waals surface area (Å²) < 4.78 is 5.90. The molecule has 156 valence electrons. The Morgan fingerprint density at radius 3 is 2.45 bits per heavy atom. The molecule has 0 aliphatic heterocycles. The van der Waals surface area contributed by atoms with Gasteiger partial charge in [-0.25, -0.2) is 0 Å². The van der Waals surface area contributed by atoms with Gasteiger partial charge in [0.15, 0.2) is 0 Å². The van der Waals surface area contributed by atoms with Crippen molar-refractivity contribution in [3.05, 3.63) is 41.0 Å². The summed E-state index contributed by atoms with van der Waals surface area (Å²) in [5.74, 6) is 4.12. The number of aromatic hydroxyl groups is 1. The lowest BCUT2D eigenvalue weighted by molar-refractivity contribution is -0.116. The zero-order valence-corrected chi connectivity index (χ0v) is 17.6. The maximum Gasteiger partial charge on any atom is 0.244 e. The summed E-state index contributed by atoms with van der Waals surface area (Å²) in [7, 11) is 1.75. The topological polar surface area (TPSA) is 58.6 Å². The van der Waals surface area contributed by atoms with Crippen LogP contribution in [0, 0.1) is 23.7 Å². The SMILES string of the molecule is CCCCNC(=O)/C=C/c1ccc(C(OC)=C2C3CC4CC(C3)CC2C4)cc1O. The second-order valence-corrected chi connectivity index (χ2v) is 9.04. The van der Waals surface area contributed by atoms with Crippen molar-refractivity contribution in [3.8, 4) is 5.75 Å². The summed E-state index contributed by atoms with van der Waals surface area (Å²) >= 11 is 0. The van der Waals surface area contributed by atoms with Crippen molar-refractivity contribution in [3.63, 3.8) is 0 Å². The highest BCUT2D eigenvalue weighted by Gasteiger charge is 2.46. The molecule has 1 aromatic rings. The number of carbonyl (C=O) groups excluding carboxylic acids is 1. The first-order valence-corrected chi connectivity index (χ1v) is 11.2. The molecule has 0 spiro atoms. The van der Waals surface area contributed by atoms with Gasteiger partial charge in [0.05, 0.1) is 7.11 Å². The minimum absolute atomic E-state index is 0.129. The summed E-state index contributed by atoms with van der Waals surface area (Å²) in [4.78, 5) is 11.9. The van der Waals surface area contributed by atoms with Gasteiger partial charge in [-0.15, -0.1) is 0 Å². The van der Waals surface area contributed by atoms with Crippen molar-refractivity contribution < 1.29 is 14.6 Å². The highest BCUT2D eigenvalue weighted by molar-refractivity contribution is 5.92. The number of ether oxygens (including phenoxy) is 1. The van der Waals surface area contributed by atoms with Gasteiger partial charge in [-0.2, -0.15) is 0 Å². The van der Waals surface area contributed by atoms with E-state index in [9.17, 15) is 9.90 Å². The van der Waals surface area contributed by atoms with Gasteiger partial charge in [0.1, 0.15) is 11.5 Å². The lowest BCUT2D eigenvalue weighted by Gasteiger charge is -2.51. The van der Waals surface area contributed by atoms with E-state index in [0.717, 1.165) is 36.0 Å². The fourth-order valence-corrected chi connectivity index (χ4v) is 5.90. The van der Waals surface area contributed by atoms with Crippen LogP contribution < -0.4 is 5.32 Å². The molecular formula is C25H33NO3. The van der Waals surface area contributed by atoms with E-state index in [1.54, 1.807) is 19.3 Å². The number of phenolic OH excluding ortho intramolecular Hbond substituents is 1. The van der Waals surface area contributed by atoms with E-state index in [1.807, 2.05) is 12.1 Å². The van der Waals surface area contributed by atoms with E-state index >= 15 is 0 Å². The smallest absolute Gasteiger partial charge is 0.244 e. The van der Waals surface area contributed by atoms with Crippen LogP contribution in [0.5, 0.6) is 5.75 Å². The normalized spacial score (nSPS) is 27.4. The fourth-order valence-electron chi connectivity index (χ4n) is 5.90. The number of phenols is 1. The van der Waals surface area contributed by atoms with Crippen LogP contribution in [0.2, 0.25) is 0 Å². The van der Waals surface area contributed by atoms with Crippen LogP contribution in [0.4, 0.5) is 0 Å². The molecule has 4 aliphatic rings. The van der Waals surface area contributed by atoms with Crippen LogP contribution in [0.1, 0.15) is 63.0 Å². The lowest BCUT2D eigenvalue weighted by Crippen LogP contribution is -2.40. The van der Waals surface area contributed by atoms with Gasteiger partial charge >= 0.3 is 0 Å². The summed E-state index contributed by atoms with van der Waals surface area (Å²) in [6.07, 6.45) is 11.8. The molecule has 0 aromatic heterocycles. The number of carbonyl (C=O) groups is 1. The zero-order valence-electron chi connectivity index (χ0n) is 17.6. The molecule has 2 N–H and O–H groups in total. The summed E-state index contributed by atoms with van der Waals surface area (Å²) in [5.41, 5.74) is 3.07. The molecule has 4 bridgehead atoms. The molecule has 4 heteroatoms. The molecule has 4 saturated carbocycles. The lowest BCUT2D eigenvalue weighted by atomic mass is 9.54. The van der Waals surface area contributed by atoms with Crippen molar-refractivity contribution in [2.75, 3.05) is 13.7 Å². The average molecular weight is 396 g/mol. The zero-order chi connectivity index (χ0) is 20.4. The van der Waals surface area contributed by atoms with E-state index in [0.29, 0.717) is 23.9 Å². The van der Waals surface area contributed by atoms with Crippen LogP contribution in [0.15, 0.2) is 29.8 Å². The Balaban J connectivity index is 1.53. The number of hydrogen-bond acceptors (Lipinski definition) is 3. The predicted octanol–water partition coefficient (Wildman–Crippen LogP) is 5.14. The first kappa shape index (κ1) is 20.1. The molecule has 29 heavy (non-hydrogen) atoms. The second-order valence-electron chi connectivity index (χ2n) is 9.04. The Hall–Kier alpha value is -2.23. The molecule has 4 nitrogen and oxygen atoms in total. The van der Waals surface area contributed by atoms with E-state index in [2.05, 4.69) is 12.2 Å². The van der Waals surface area contributed by atoms with Crippen molar-refractivity contribution >= 4 is 17.7 Å². The molecule has 4 fully saturated rings. The first-order valence-electron chi connectivity index (χ1n) is 11.2. The van der Waals surface area contributed by atoms with Crippen molar-refractivity contribution in [2.24, 2.45) is 23.7 Å². The van der Waals surface area contributed by atoms with E-state index < -0.39 is 0 Å². The van der Waals surface area contributed by atoms with Gasteiger partial charge in [0.25, 0.3) is 0 Å². The Kier molecular flexibility index (Phi) is 5.98. The van der Waals surface area contributed by atoms with Crippen molar-refractivity contribution in [2.45, 2.75) is 51.9 Å². The summed E-state index contributed by atoms with van der Waals surface area (Å²) in [6, 6.07) is 5.66. The molecule has 0 radical (unpaired) electrons. The van der Waals surface area contributed by atoms with Gasteiger partial charge < -0.3 is 15.2 Å². The maximum absolute atomic E-state index is 11.9. The molecule has 1 amide bonds. The van der Waals surface area contributed by atoms with E-state index in [-0.39, 0.29) is 11.7 Å². The Morgan fingerprint density at radius 2 is 1.86 bits per heavy atom. The summed E-state index contributed by atoms with van der Waals surface area (Å²) in [5, 5.41) is 13.4.